The fraction of sp³-hybridized carbons (Fsp3) is 0.154. The Bertz CT molecular complexity index is 1110. The molecule has 4 nitrogen and oxygen atoms in total. The zero-order chi connectivity index (χ0) is 20.9. The van der Waals surface area contributed by atoms with E-state index < -0.39 is 0 Å². The number of anilines is 1. The van der Waals surface area contributed by atoms with Crippen LogP contribution in [0.4, 0.5) is 5.69 Å². The number of amides is 1. The Kier molecular flexibility index (Phi) is 5.75. The van der Waals surface area contributed by atoms with Crippen LogP contribution in [0.15, 0.2) is 84.9 Å². The molecule has 1 amide bonds. The minimum atomic E-state index is 0.646. The smallest absolute Gasteiger partial charge is 0.214 e. The molecule has 0 fully saturated rings. The molecule has 0 atom stereocenters. The second kappa shape index (κ2) is 8.78. The number of carbonyl (C=O) groups is 1. The minimum Gasteiger partial charge on any atom is -0.315 e. The summed E-state index contributed by atoms with van der Waals surface area (Å²) in [5.41, 5.74) is 6.36. The Hall–Kier alpha value is -3.66. The number of carbonyl (C=O) groups excluding carboxylic acids is 1. The third-order valence-corrected chi connectivity index (χ3v) is 5.34. The fourth-order valence-electron chi connectivity index (χ4n) is 3.70. The number of pyridine rings is 1. The van der Waals surface area contributed by atoms with Crippen molar-refractivity contribution in [2.24, 2.45) is 0 Å². The van der Waals surface area contributed by atoms with E-state index in [1.54, 1.807) is 4.90 Å². The van der Waals surface area contributed by atoms with Crippen molar-refractivity contribution in [3.8, 4) is 17.1 Å². The van der Waals surface area contributed by atoms with Crippen LogP contribution in [0.1, 0.15) is 17.0 Å². The zero-order valence-electron chi connectivity index (χ0n) is 17.3. The molecule has 4 rings (SSSR count). The molecule has 0 bridgehead atoms. The lowest BCUT2D eigenvalue weighted by atomic mass is 10.1. The summed E-state index contributed by atoms with van der Waals surface area (Å²) in [6.45, 7) is 4.81. The van der Waals surface area contributed by atoms with E-state index >= 15 is 0 Å². The van der Waals surface area contributed by atoms with E-state index in [9.17, 15) is 4.79 Å². The molecule has 4 aromatic rings. The highest BCUT2D eigenvalue weighted by atomic mass is 16.1. The fourth-order valence-corrected chi connectivity index (χ4v) is 3.70. The van der Waals surface area contributed by atoms with Gasteiger partial charge in [0.25, 0.3) is 0 Å². The molecule has 0 saturated carbocycles. The van der Waals surface area contributed by atoms with Crippen molar-refractivity contribution >= 4 is 12.1 Å². The Morgan fingerprint density at radius 1 is 0.833 bits per heavy atom. The van der Waals surface area contributed by atoms with Gasteiger partial charge >= 0.3 is 0 Å². The number of aryl methyl sites for hydroxylation is 2. The van der Waals surface area contributed by atoms with Gasteiger partial charge in [0.15, 0.2) is 0 Å². The van der Waals surface area contributed by atoms with E-state index in [0.29, 0.717) is 6.54 Å². The molecule has 0 aliphatic rings. The topological polar surface area (TPSA) is 38.1 Å². The quantitative estimate of drug-likeness (QED) is 0.395. The first-order valence-corrected chi connectivity index (χ1v) is 10.1. The summed E-state index contributed by atoms with van der Waals surface area (Å²) in [6.07, 6.45) is 1.72. The van der Waals surface area contributed by atoms with Gasteiger partial charge in [0.05, 0.1) is 5.69 Å². The lowest BCUT2D eigenvalue weighted by molar-refractivity contribution is -0.107. The normalized spacial score (nSPS) is 10.7. The molecule has 150 valence electrons. The molecule has 4 heteroatoms. The predicted molar refractivity (Wildman–Crippen MR) is 122 cm³/mol. The van der Waals surface area contributed by atoms with Gasteiger partial charge in [0, 0.05) is 29.2 Å². The molecular formula is C26H25N3O. The van der Waals surface area contributed by atoms with Gasteiger partial charge in [0.1, 0.15) is 5.82 Å². The van der Waals surface area contributed by atoms with Crippen molar-refractivity contribution in [3.63, 3.8) is 0 Å². The van der Waals surface area contributed by atoms with E-state index in [1.807, 2.05) is 60.7 Å². The van der Waals surface area contributed by atoms with Crippen LogP contribution in [0, 0.1) is 13.8 Å². The second-order valence-electron chi connectivity index (χ2n) is 7.41. The first-order chi connectivity index (χ1) is 14.7. The summed E-state index contributed by atoms with van der Waals surface area (Å²) in [7, 11) is 0. The van der Waals surface area contributed by atoms with Gasteiger partial charge in [0.2, 0.25) is 6.41 Å². The highest BCUT2D eigenvalue weighted by Crippen LogP contribution is 2.24. The summed E-state index contributed by atoms with van der Waals surface area (Å²) < 4.78 is 2.15. The number of rotatable bonds is 7. The predicted octanol–water partition coefficient (Wildman–Crippen LogP) is 5.36. The lowest BCUT2D eigenvalue weighted by Crippen LogP contribution is -2.23. The molecule has 0 spiro atoms. The molecule has 2 aromatic carbocycles. The van der Waals surface area contributed by atoms with E-state index in [1.165, 1.54) is 5.56 Å². The van der Waals surface area contributed by atoms with Crippen LogP contribution in [-0.2, 0) is 11.2 Å². The van der Waals surface area contributed by atoms with Crippen LogP contribution in [-0.4, -0.2) is 22.5 Å². The lowest BCUT2D eigenvalue weighted by Gasteiger charge is -2.18. The van der Waals surface area contributed by atoms with Gasteiger partial charge in [-0.05, 0) is 62.2 Å². The highest BCUT2D eigenvalue weighted by molar-refractivity contribution is 5.76. The Labute approximate surface area is 177 Å². The highest BCUT2D eigenvalue weighted by Gasteiger charge is 2.09. The molecule has 2 heterocycles. The van der Waals surface area contributed by atoms with Crippen LogP contribution < -0.4 is 4.90 Å². The van der Waals surface area contributed by atoms with Gasteiger partial charge in [-0.1, -0.05) is 48.5 Å². The molecule has 0 saturated heterocycles. The maximum Gasteiger partial charge on any atom is 0.214 e. The minimum absolute atomic E-state index is 0.646. The maximum atomic E-state index is 11.6. The summed E-state index contributed by atoms with van der Waals surface area (Å²) in [5, 5.41) is 0. The Morgan fingerprint density at radius 3 is 2.20 bits per heavy atom. The van der Waals surface area contributed by atoms with Crippen LogP contribution in [0.3, 0.4) is 0 Å². The summed E-state index contributed by atoms with van der Waals surface area (Å²) in [6, 6.07) is 28.5. The summed E-state index contributed by atoms with van der Waals surface area (Å²) >= 11 is 0. The van der Waals surface area contributed by atoms with Crippen LogP contribution in [0.25, 0.3) is 17.1 Å². The molecular weight excluding hydrogens is 370 g/mol. The summed E-state index contributed by atoms with van der Waals surface area (Å²) in [5.74, 6) is 0.911. The number of hydrogen-bond acceptors (Lipinski definition) is 2. The van der Waals surface area contributed by atoms with Crippen LogP contribution in [0.2, 0.25) is 0 Å². The molecule has 0 aliphatic heterocycles. The Morgan fingerprint density at radius 2 is 1.53 bits per heavy atom. The van der Waals surface area contributed by atoms with Crippen molar-refractivity contribution in [2.75, 3.05) is 11.4 Å². The third-order valence-electron chi connectivity index (χ3n) is 5.34. The average Bonchev–Trinajstić information content (AvgIpc) is 3.13. The van der Waals surface area contributed by atoms with Crippen molar-refractivity contribution in [1.82, 2.24) is 9.55 Å². The van der Waals surface area contributed by atoms with Crippen molar-refractivity contribution in [2.45, 2.75) is 20.3 Å². The molecule has 30 heavy (non-hydrogen) atoms. The standard InChI is InChI=1S/C26H25N3O/c1-20-11-12-21(2)29(20)26-10-6-9-25(27-26)23-13-15-24(16-14-23)28(19-30)18-17-22-7-4-3-5-8-22/h3-16,19H,17-18H2,1-2H3. The number of benzene rings is 2. The number of aromatic nitrogens is 2. The van der Waals surface area contributed by atoms with Crippen molar-refractivity contribution in [3.05, 3.63) is 102 Å². The van der Waals surface area contributed by atoms with Gasteiger partial charge in [-0.3, -0.25) is 4.79 Å². The van der Waals surface area contributed by atoms with E-state index in [4.69, 9.17) is 4.98 Å². The largest absolute Gasteiger partial charge is 0.315 e. The molecule has 0 N–H and O–H groups in total. The van der Waals surface area contributed by atoms with Crippen LogP contribution in [0.5, 0.6) is 0 Å². The summed E-state index contributed by atoms with van der Waals surface area (Å²) in [4.78, 5) is 18.2. The molecule has 0 unspecified atom stereocenters. The van der Waals surface area contributed by atoms with E-state index in [2.05, 4.69) is 42.7 Å². The van der Waals surface area contributed by atoms with Gasteiger partial charge in [-0.2, -0.15) is 0 Å². The van der Waals surface area contributed by atoms with E-state index in [0.717, 1.165) is 47.0 Å². The van der Waals surface area contributed by atoms with Crippen LogP contribution >= 0.6 is 0 Å². The number of hydrogen-bond donors (Lipinski definition) is 0. The Balaban J connectivity index is 1.53. The monoisotopic (exact) mass is 395 g/mol. The first kappa shape index (κ1) is 19.6. The number of nitrogens with zero attached hydrogens (tertiary/aromatic N) is 3. The van der Waals surface area contributed by atoms with Gasteiger partial charge in [-0.25, -0.2) is 4.98 Å². The third kappa shape index (κ3) is 4.18. The maximum absolute atomic E-state index is 11.6. The SMILES string of the molecule is Cc1ccc(C)n1-c1cccc(-c2ccc(N(C=O)CCc3ccccc3)cc2)n1. The second-order valence-corrected chi connectivity index (χ2v) is 7.41. The molecule has 2 aromatic heterocycles. The first-order valence-electron chi connectivity index (χ1n) is 10.1. The zero-order valence-corrected chi connectivity index (χ0v) is 17.3. The molecule has 0 aliphatic carbocycles. The van der Waals surface area contributed by atoms with E-state index in [-0.39, 0.29) is 0 Å². The van der Waals surface area contributed by atoms with Gasteiger partial charge in [-0.15, -0.1) is 0 Å². The van der Waals surface area contributed by atoms with Gasteiger partial charge < -0.3 is 9.47 Å². The van der Waals surface area contributed by atoms with Crippen molar-refractivity contribution in [1.29, 1.82) is 0 Å². The average molecular weight is 396 g/mol. The van der Waals surface area contributed by atoms with Crippen molar-refractivity contribution < 1.29 is 4.79 Å². The molecule has 0 radical (unpaired) electrons.